The summed E-state index contributed by atoms with van der Waals surface area (Å²) < 4.78 is 47.7. The normalized spacial score (nSPS) is 26.1. The Morgan fingerprint density at radius 2 is 1.93 bits per heavy atom. The minimum Gasteiger partial charge on any atom is -0.371 e. The zero-order valence-electron chi connectivity index (χ0n) is 15.1. The maximum absolute atomic E-state index is 13.5. The average molecular weight is 390 g/mol. The van der Waals surface area contributed by atoms with E-state index in [1.54, 1.807) is 6.92 Å². The van der Waals surface area contributed by atoms with Gasteiger partial charge in [0.2, 0.25) is 10.0 Å². The van der Waals surface area contributed by atoms with E-state index in [9.17, 15) is 12.8 Å². The van der Waals surface area contributed by atoms with Crippen molar-refractivity contribution in [3.8, 4) is 0 Å². The fourth-order valence-corrected chi connectivity index (χ4v) is 5.47. The van der Waals surface area contributed by atoms with Crippen LogP contribution >= 0.6 is 0 Å². The minimum absolute atomic E-state index is 0.00303. The lowest BCUT2D eigenvalue weighted by molar-refractivity contribution is -0.0502. The number of ether oxygens (including phenoxy) is 1. The van der Waals surface area contributed by atoms with Crippen LogP contribution in [0.25, 0.3) is 0 Å². The number of hydrogen-bond donors (Lipinski definition) is 1. The summed E-state index contributed by atoms with van der Waals surface area (Å²) >= 11 is 0. The van der Waals surface area contributed by atoms with Crippen LogP contribution in [0.5, 0.6) is 0 Å². The molecule has 0 bridgehead atoms. The molecule has 144 valence electrons. The van der Waals surface area contributed by atoms with Crippen molar-refractivity contribution in [2.24, 2.45) is 0 Å². The van der Waals surface area contributed by atoms with Crippen LogP contribution < -0.4 is 4.72 Å². The number of benzene rings is 2. The topological polar surface area (TPSA) is 58.6 Å². The van der Waals surface area contributed by atoms with Crippen molar-refractivity contribution in [1.29, 1.82) is 0 Å². The molecule has 2 aliphatic heterocycles. The van der Waals surface area contributed by atoms with Crippen LogP contribution in [0, 0.1) is 12.7 Å². The third kappa shape index (κ3) is 3.91. The molecule has 2 aliphatic rings. The van der Waals surface area contributed by atoms with Crippen LogP contribution in [0.4, 0.5) is 4.39 Å². The lowest BCUT2D eigenvalue weighted by Crippen LogP contribution is -2.43. The van der Waals surface area contributed by atoms with Gasteiger partial charge in [0.15, 0.2) is 0 Å². The van der Waals surface area contributed by atoms with Gasteiger partial charge in [-0.15, -0.1) is 0 Å². The summed E-state index contributed by atoms with van der Waals surface area (Å²) in [5.74, 6) is -0.552. The quantitative estimate of drug-likeness (QED) is 0.872. The number of halogens is 1. The first kappa shape index (κ1) is 18.6. The van der Waals surface area contributed by atoms with Crippen LogP contribution in [-0.4, -0.2) is 45.1 Å². The van der Waals surface area contributed by atoms with E-state index in [-0.39, 0.29) is 23.1 Å². The van der Waals surface area contributed by atoms with Gasteiger partial charge in [0.1, 0.15) is 5.82 Å². The zero-order chi connectivity index (χ0) is 19.0. The van der Waals surface area contributed by atoms with E-state index in [0.29, 0.717) is 25.1 Å². The molecule has 3 atom stereocenters. The predicted molar refractivity (Wildman–Crippen MR) is 100 cm³/mol. The first-order chi connectivity index (χ1) is 12.9. The molecular weight excluding hydrogens is 367 g/mol. The number of nitrogens with zero attached hydrogens (tertiary/aromatic N) is 1. The van der Waals surface area contributed by atoms with Gasteiger partial charge in [0.25, 0.3) is 0 Å². The Hall–Kier alpha value is -1.80. The smallest absolute Gasteiger partial charge is 0.241 e. The molecule has 2 aromatic carbocycles. The number of fused-ring (bicyclic) bond motifs is 1. The van der Waals surface area contributed by atoms with Gasteiger partial charge in [0, 0.05) is 25.2 Å². The van der Waals surface area contributed by atoms with Crippen molar-refractivity contribution in [3.63, 3.8) is 0 Å². The molecule has 2 fully saturated rings. The number of sulfonamides is 1. The summed E-state index contributed by atoms with van der Waals surface area (Å²) in [6.45, 7) is 3.62. The lowest BCUT2D eigenvalue weighted by Gasteiger charge is -2.35. The fourth-order valence-electron chi connectivity index (χ4n) is 3.98. The number of hydrogen-bond acceptors (Lipinski definition) is 4. The van der Waals surface area contributed by atoms with Crippen molar-refractivity contribution in [2.75, 3.05) is 19.7 Å². The van der Waals surface area contributed by atoms with E-state index in [1.807, 2.05) is 30.3 Å². The summed E-state index contributed by atoms with van der Waals surface area (Å²) in [5.41, 5.74) is 1.67. The highest BCUT2D eigenvalue weighted by Crippen LogP contribution is 2.31. The largest absolute Gasteiger partial charge is 0.371 e. The molecule has 1 N–H and O–H groups in total. The van der Waals surface area contributed by atoms with Gasteiger partial charge in [0.05, 0.1) is 17.6 Å². The highest BCUT2D eigenvalue weighted by molar-refractivity contribution is 7.89. The number of aryl methyl sites for hydroxylation is 1. The van der Waals surface area contributed by atoms with E-state index in [2.05, 4.69) is 9.62 Å². The predicted octanol–water partition coefficient (Wildman–Crippen LogP) is 2.63. The molecule has 7 heteroatoms. The summed E-state index contributed by atoms with van der Waals surface area (Å²) in [6, 6.07) is 13.9. The van der Waals surface area contributed by atoms with Crippen LogP contribution in [0.15, 0.2) is 53.4 Å². The Bertz CT molecular complexity index is 920. The first-order valence-corrected chi connectivity index (χ1v) is 10.6. The van der Waals surface area contributed by atoms with Gasteiger partial charge < -0.3 is 4.74 Å². The van der Waals surface area contributed by atoms with Gasteiger partial charge >= 0.3 is 0 Å². The molecule has 5 nitrogen and oxygen atoms in total. The summed E-state index contributed by atoms with van der Waals surface area (Å²) in [7, 11) is -3.76. The van der Waals surface area contributed by atoms with Gasteiger partial charge in [-0.3, -0.25) is 4.90 Å². The third-order valence-corrected chi connectivity index (χ3v) is 7.01. The molecule has 4 rings (SSSR count). The standard InChI is InChI=1S/C20H23FN2O3S/c1-14-7-8-16(21)9-20(14)27(24,25)22-17-10-18-13-26-19(12-23(18)11-17)15-5-3-2-4-6-15/h2-9,17-19,22H,10-13H2,1H3/t17-,18-,19+/m0/s1. The molecule has 0 amide bonds. The van der Waals surface area contributed by atoms with Gasteiger partial charge in [-0.25, -0.2) is 17.5 Å². The highest BCUT2D eigenvalue weighted by Gasteiger charge is 2.39. The molecule has 2 aromatic rings. The second-order valence-corrected chi connectivity index (χ2v) is 8.99. The Morgan fingerprint density at radius 1 is 1.15 bits per heavy atom. The Labute approximate surface area is 159 Å². The van der Waals surface area contributed by atoms with E-state index in [0.717, 1.165) is 18.2 Å². The van der Waals surface area contributed by atoms with Gasteiger partial charge in [-0.1, -0.05) is 36.4 Å². The summed E-state index contributed by atoms with van der Waals surface area (Å²) in [6.07, 6.45) is 0.693. The van der Waals surface area contributed by atoms with Crippen molar-refractivity contribution in [3.05, 3.63) is 65.5 Å². The van der Waals surface area contributed by atoms with Crippen molar-refractivity contribution >= 4 is 10.0 Å². The molecule has 0 saturated carbocycles. The fraction of sp³-hybridized carbons (Fsp3) is 0.400. The van der Waals surface area contributed by atoms with Crippen LogP contribution in [0.1, 0.15) is 23.7 Å². The van der Waals surface area contributed by atoms with E-state index in [4.69, 9.17) is 4.74 Å². The van der Waals surface area contributed by atoms with Crippen LogP contribution in [-0.2, 0) is 14.8 Å². The monoisotopic (exact) mass is 390 g/mol. The van der Waals surface area contributed by atoms with Gasteiger partial charge in [-0.05, 0) is 36.6 Å². The Morgan fingerprint density at radius 3 is 2.70 bits per heavy atom. The molecule has 0 spiro atoms. The molecule has 0 aliphatic carbocycles. The summed E-state index contributed by atoms with van der Waals surface area (Å²) in [4.78, 5) is 2.29. The van der Waals surface area contributed by atoms with Crippen LogP contribution in [0.2, 0.25) is 0 Å². The maximum atomic E-state index is 13.5. The number of nitrogens with one attached hydrogen (secondary N) is 1. The number of morpholine rings is 1. The van der Waals surface area contributed by atoms with Gasteiger partial charge in [-0.2, -0.15) is 0 Å². The molecule has 0 radical (unpaired) electrons. The van der Waals surface area contributed by atoms with Crippen LogP contribution in [0.3, 0.4) is 0 Å². The second kappa shape index (κ2) is 7.31. The number of rotatable bonds is 4. The lowest BCUT2D eigenvalue weighted by atomic mass is 10.1. The highest BCUT2D eigenvalue weighted by atomic mass is 32.2. The van der Waals surface area contributed by atoms with E-state index >= 15 is 0 Å². The molecule has 0 aromatic heterocycles. The van der Waals surface area contributed by atoms with Crippen molar-refractivity contribution < 1.29 is 17.5 Å². The van der Waals surface area contributed by atoms with E-state index < -0.39 is 15.8 Å². The van der Waals surface area contributed by atoms with E-state index in [1.165, 1.54) is 12.1 Å². The minimum atomic E-state index is -3.76. The SMILES string of the molecule is Cc1ccc(F)cc1S(=O)(=O)N[C@H]1C[C@H]2CO[C@@H](c3ccccc3)CN2C1. The second-order valence-electron chi connectivity index (χ2n) is 7.30. The first-order valence-electron chi connectivity index (χ1n) is 9.11. The van der Waals surface area contributed by atoms with Crippen molar-refractivity contribution in [1.82, 2.24) is 9.62 Å². The maximum Gasteiger partial charge on any atom is 0.241 e. The van der Waals surface area contributed by atoms with Crippen molar-refractivity contribution in [2.45, 2.75) is 36.4 Å². The molecule has 27 heavy (non-hydrogen) atoms. The Balaban J connectivity index is 1.45. The molecule has 2 saturated heterocycles. The molecule has 2 heterocycles. The Kier molecular flexibility index (Phi) is 5.03. The third-order valence-electron chi connectivity index (χ3n) is 5.35. The summed E-state index contributed by atoms with van der Waals surface area (Å²) in [5, 5.41) is 0. The molecular formula is C20H23FN2O3S. The average Bonchev–Trinajstić information content (AvgIpc) is 3.05. The molecule has 0 unspecified atom stereocenters. The zero-order valence-corrected chi connectivity index (χ0v) is 16.0.